The van der Waals surface area contributed by atoms with Crippen LogP contribution in [-0.2, 0) is 72.1 Å². The molecule has 4 aliphatic heterocycles. The Balaban J connectivity index is 0.933. The third-order valence-corrected chi connectivity index (χ3v) is 20.6. The van der Waals surface area contributed by atoms with Crippen molar-refractivity contribution in [2.45, 2.75) is 208 Å². The highest BCUT2D eigenvalue weighted by Crippen LogP contribution is 2.42. The van der Waals surface area contributed by atoms with Crippen LogP contribution < -0.4 is 66.3 Å². The molecule has 34 heteroatoms. The van der Waals surface area contributed by atoms with Crippen LogP contribution in [0.4, 0.5) is 0 Å². The monoisotopic (exact) mass is 1410 g/mol. The van der Waals surface area contributed by atoms with E-state index in [1.165, 1.54) is 26.0 Å². The number of rotatable bonds is 32. The predicted molar refractivity (Wildman–Crippen MR) is 368 cm³/mol. The number of hydrogen-bond acceptors (Lipinski definition) is 17. The number of nitrogens with zero attached hydrogens (tertiary/aromatic N) is 7. The van der Waals surface area contributed by atoms with Gasteiger partial charge in [-0.2, -0.15) is 0 Å². The summed E-state index contributed by atoms with van der Waals surface area (Å²) in [4.78, 5) is 175. The Hall–Kier alpha value is -9.18. The van der Waals surface area contributed by atoms with Gasteiger partial charge in [0.1, 0.15) is 54.4 Å². The number of fused-ring (bicyclic) bond motifs is 2. The fraction of sp³-hybridized carbons (Fsp3) is 0.636. The maximum Gasteiger partial charge on any atom is 0.326 e. The number of hydrogen-bond donors (Lipinski definition) is 15. The second-order valence-electron chi connectivity index (χ2n) is 26.7. The zero-order chi connectivity index (χ0) is 72.2. The van der Waals surface area contributed by atoms with Gasteiger partial charge in [-0.1, -0.05) is 62.4 Å². The molecule has 1 unspecified atom stereocenters. The molecular weight excluding hydrogens is 1310 g/mol. The van der Waals surface area contributed by atoms with E-state index in [-0.39, 0.29) is 139 Å². The van der Waals surface area contributed by atoms with Gasteiger partial charge >= 0.3 is 5.97 Å². The van der Waals surface area contributed by atoms with Crippen molar-refractivity contribution in [2.24, 2.45) is 61.2 Å². The number of β-amino-alcohol motifs (C(OH)–C–C–N with tert-alkyl or cyclic N) is 1. The number of carbonyl (C=O) groups excluding carboxylic acids is 10. The number of aliphatic imine (C=N–C) groups is 3. The van der Waals surface area contributed by atoms with Crippen LogP contribution in [-0.4, -0.2) is 230 Å². The van der Waals surface area contributed by atoms with Crippen LogP contribution >= 0.6 is 11.3 Å². The van der Waals surface area contributed by atoms with Gasteiger partial charge in [-0.05, 0) is 112 Å². The lowest BCUT2D eigenvalue weighted by Gasteiger charge is -2.42. The standard InChI is InChI=1S/C66H99N19O14S/c67-64(68)73-24-8-19-43(78-54(89)37-13-2-1-3-14-37)55(90)79-44(20-9-25-74-65(69)70)59(94)82-27-11-23-49(82)61(96)84-35-41(87)31-50(84)57(92)76-33-53(88)77-46(32-42-18-12-28-100-42)56(91)81-47(36-86)60(95)83-34-40-17-5-4-15-38(40)29-52(83)62(97)85-48-22-7-6-16-39(48)30-51(85)58(93)80-45(63(98)99)21-10-26-75-66(71)72/h4-5,12,15,17-18,28,37,39,41,43-52,86-87H,1-3,6-11,13-14,16,19-27,29-36H2,(H,76,92)(H,77,88)(H,78,89)(H,79,90)(H,80,93)(H,81,91)(H,98,99)(H4,67,68,73)(H4,69,70,74)(H4,71,72,75)/t39-,41+,43+,44-,45-,46-,47-,48-,49-,50-,51-,52?/m0/s1. The molecule has 1 aromatic heterocycles. The van der Waals surface area contributed by atoms with Crippen LogP contribution in [0, 0.1) is 11.8 Å². The predicted octanol–water partition coefficient (Wildman–Crippen LogP) is -3.29. The lowest BCUT2D eigenvalue weighted by atomic mass is 9.84. The number of aliphatic hydroxyl groups is 2. The van der Waals surface area contributed by atoms with E-state index in [2.05, 4.69) is 46.9 Å². The zero-order valence-corrected chi connectivity index (χ0v) is 57.2. The molecule has 5 heterocycles. The van der Waals surface area contributed by atoms with Gasteiger partial charge < -0.3 is 101 Å². The molecule has 100 heavy (non-hydrogen) atoms. The van der Waals surface area contributed by atoms with Gasteiger partial charge in [-0.25, -0.2) is 4.79 Å². The van der Waals surface area contributed by atoms with Crippen molar-refractivity contribution in [1.82, 2.24) is 51.5 Å². The third-order valence-electron chi connectivity index (χ3n) is 19.7. The van der Waals surface area contributed by atoms with Crippen molar-refractivity contribution in [1.29, 1.82) is 0 Å². The summed E-state index contributed by atoms with van der Waals surface area (Å²) in [7, 11) is 0. The fourth-order valence-corrected chi connectivity index (χ4v) is 15.4. The molecule has 3 saturated heterocycles. The van der Waals surface area contributed by atoms with Crippen LogP contribution in [0.2, 0.25) is 0 Å². The first kappa shape index (κ1) is 76.6. The van der Waals surface area contributed by atoms with E-state index >= 15 is 9.59 Å². The van der Waals surface area contributed by atoms with Gasteiger partial charge in [-0.15, -0.1) is 11.3 Å². The van der Waals surface area contributed by atoms with E-state index in [4.69, 9.17) is 34.4 Å². The summed E-state index contributed by atoms with van der Waals surface area (Å²) < 4.78 is 0. The molecule has 6 aliphatic rings. The molecule has 0 spiro atoms. The number of carboxylic acids is 1. The summed E-state index contributed by atoms with van der Waals surface area (Å²) in [6.07, 6.45) is 7.16. The molecule has 21 N–H and O–H groups in total. The fourth-order valence-electron chi connectivity index (χ4n) is 14.7. The number of amides is 10. The summed E-state index contributed by atoms with van der Waals surface area (Å²) in [5.41, 5.74) is 34.6. The Labute approximate surface area is 584 Å². The lowest BCUT2D eigenvalue weighted by Crippen LogP contribution is -2.63. The number of likely N-dealkylation sites (tertiary alicyclic amines) is 3. The van der Waals surface area contributed by atoms with E-state index in [0.717, 1.165) is 42.6 Å². The Kier molecular flexibility index (Phi) is 28.2. The molecule has 12 atom stereocenters. The summed E-state index contributed by atoms with van der Waals surface area (Å²) in [6.45, 7) is -1.63. The molecule has 5 fully saturated rings. The Bertz CT molecular complexity index is 3320. The molecule has 2 saturated carbocycles. The van der Waals surface area contributed by atoms with Crippen molar-refractivity contribution in [3.63, 3.8) is 0 Å². The molecule has 2 aliphatic carbocycles. The van der Waals surface area contributed by atoms with Crippen LogP contribution in [0.3, 0.4) is 0 Å². The van der Waals surface area contributed by atoms with Gasteiger partial charge in [0, 0.05) is 75.4 Å². The number of thiophene rings is 1. The van der Waals surface area contributed by atoms with Crippen molar-refractivity contribution in [3.8, 4) is 0 Å². The van der Waals surface area contributed by atoms with Gasteiger partial charge in [-0.3, -0.25) is 62.9 Å². The average Bonchev–Trinajstić information content (AvgIpc) is 1.24. The second-order valence-corrected chi connectivity index (χ2v) is 27.7. The van der Waals surface area contributed by atoms with E-state index in [1.54, 1.807) is 35.7 Å². The highest BCUT2D eigenvalue weighted by Gasteiger charge is 2.52. The summed E-state index contributed by atoms with van der Waals surface area (Å²) in [5.74, 6) is -9.05. The van der Waals surface area contributed by atoms with E-state index in [9.17, 15) is 58.5 Å². The number of nitrogens with one attached hydrogen (secondary N) is 6. The first-order chi connectivity index (χ1) is 47.9. The number of nitrogens with two attached hydrogens (primary N) is 6. The normalized spacial score (nSPS) is 22.6. The number of aliphatic hydroxyl groups excluding tert-OH is 2. The van der Waals surface area contributed by atoms with Crippen LogP contribution in [0.25, 0.3) is 0 Å². The molecule has 1 aromatic carbocycles. The molecular formula is C66H99N19O14S. The van der Waals surface area contributed by atoms with Crippen LogP contribution in [0.5, 0.6) is 0 Å². The van der Waals surface area contributed by atoms with Crippen molar-refractivity contribution < 1.29 is 68.1 Å². The summed E-state index contributed by atoms with van der Waals surface area (Å²) >= 11 is 1.27. The highest BCUT2D eigenvalue weighted by molar-refractivity contribution is 7.09. The molecule has 0 radical (unpaired) electrons. The molecule has 2 aromatic rings. The quantitative estimate of drug-likeness (QED) is 0.0194. The van der Waals surface area contributed by atoms with Crippen molar-refractivity contribution in [2.75, 3.05) is 45.9 Å². The van der Waals surface area contributed by atoms with Gasteiger partial charge in [0.15, 0.2) is 17.9 Å². The minimum absolute atomic E-state index is 0.00372. The Morgan fingerprint density at radius 1 is 0.560 bits per heavy atom. The minimum Gasteiger partial charge on any atom is -0.480 e. The SMILES string of the molecule is NC(N)=NCCC[C@H](NC(=O)[C@@H]1C[C@@H]2CCCC[C@@H]2N1C(=O)C1Cc2ccccc2CN1C(=O)[C@H](CO)NC(=O)[C@H](Cc1cccs1)NC(=O)CNC(=O)[C@@H]1C[C@@H](O)CN1C(=O)[C@@H]1CCCN1C(=O)[C@H](CCCN=C(N)N)NC(=O)[C@@H](CCCN=C(N)N)NC(=O)C1CCCCC1)C(=O)O. The number of guanidine groups is 3. The second kappa shape index (κ2) is 36.8. The van der Waals surface area contributed by atoms with Gasteiger partial charge in [0.25, 0.3) is 0 Å². The minimum atomic E-state index is -1.68. The number of carboxylic acid groups (broad SMARTS) is 1. The first-order valence-electron chi connectivity index (χ1n) is 34.7. The molecule has 0 bridgehead atoms. The highest BCUT2D eigenvalue weighted by atomic mass is 32.1. The summed E-state index contributed by atoms with van der Waals surface area (Å²) in [6, 6.07) is -1.31. The Morgan fingerprint density at radius 2 is 1.16 bits per heavy atom. The largest absolute Gasteiger partial charge is 0.480 e. The van der Waals surface area contributed by atoms with E-state index < -0.39 is 139 Å². The van der Waals surface area contributed by atoms with E-state index in [1.807, 2.05) is 6.07 Å². The van der Waals surface area contributed by atoms with Crippen LogP contribution in [0.15, 0.2) is 56.8 Å². The molecule has 548 valence electrons. The first-order valence-corrected chi connectivity index (χ1v) is 35.6. The number of carbonyl (C=O) groups is 11. The van der Waals surface area contributed by atoms with Gasteiger partial charge in [0.05, 0.1) is 19.3 Å². The maximum atomic E-state index is 15.4. The summed E-state index contributed by atoms with van der Waals surface area (Å²) in [5, 5.41) is 50.0. The zero-order valence-electron chi connectivity index (χ0n) is 56.4. The molecule has 10 amide bonds. The lowest BCUT2D eigenvalue weighted by molar-refractivity contribution is -0.153. The van der Waals surface area contributed by atoms with Crippen molar-refractivity contribution >= 4 is 94.3 Å². The Morgan fingerprint density at radius 3 is 1.80 bits per heavy atom. The molecule has 8 rings (SSSR count). The van der Waals surface area contributed by atoms with Crippen molar-refractivity contribution in [3.05, 3.63) is 57.8 Å². The van der Waals surface area contributed by atoms with Crippen LogP contribution in [0.1, 0.15) is 138 Å². The van der Waals surface area contributed by atoms with E-state index in [0.29, 0.717) is 49.0 Å². The number of benzene rings is 1. The molecule has 33 nitrogen and oxygen atoms in total. The number of aliphatic carboxylic acids is 1. The maximum absolute atomic E-state index is 15.4. The third kappa shape index (κ3) is 20.7. The topological polar surface area (TPSA) is 527 Å². The van der Waals surface area contributed by atoms with Gasteiger partial charge in [0.2, 0.25) is 59.1 Å². The smallest absolute Gasteiger partial charge is 0.326 e. The average molecular weight is 1410 g/mol.